The standard InChI is InChI=1S/C7H14O3S/c1-9-4-3-5-11-6-7(8)10-2/h3-6H2,1-2H3. The van der Waals surface area contributed by atoms with Gasteiger partial charge in [0.15, 0.2) is 0 Å². The van der Waals surface area contributed by atoms with Crippen LogP contribution in [0.25, 0.3) is 0 Å². The Kier molecular flexibility index (Phi) is 7.72. The van der Waals surface area contributed by atoms with Crippen molar-refractivity contribution in [2.75, 3.05) is 32.3 Å². The summed E-state index contributed by atoms with van der Waals surface area (Å²) in [6.07, 6.45) is 0.984. The van der Waals surface area contributed by atoms with Crippen molar-refractivity contribution in [1.82, 2.24) is 0 Å². The zero-order chi connectivity index (χ0) is 8.53. The first-order valence-electron chi connectivity index (χ1n) is 3.44. The van der Waals surface area contributed by atoms with Crippen molar-refractivity contribution in [1.29, 1.82) is 0 Å². The van der Waals surface area contributed by atoms with Crippen molar-refractivity contribution in [3.05, 3.63) is 0 Å². The van der Waals surface area contributed by atoms with Crippen molar-refractivity contribution in [3.8, 4) is 0 Å². The molecule has 3 nitrogen and oxygen atoms in total. The number of carbonyl (C=O) groups excluding carboxylic acids is 1. The summed E-state index contributed by atoms with van der Waals surface area (Å²) in [5.41, 5.74) is 0. The van der Waals surface area contributed by atoms with Crippen LogP contribution in [0, 0.1) is 0 Å². The van der Waals surface area contributed by atoms with Gasteiger partial charge in [-0.05, 0) is 12.2 Å². The number of esters is 1. The second-order valence-corrected chi connectivity index (χ2v) is 3.08. The summed E-state index contributed by atoms with van der Waals surface area (Å²) >= 11 is 1.57. The third kappa shape index (κ3) is 7.68. The lowest BCUT2D eigenvalue weighted by Gasteiger charge is -1.99. The monoisotopic (exact) mass is 178 g/mol. The smallest absolute Gasteiger partial charge is 0.315 e. The molecule has 0 aromatic carbocycles. The van der Waals surface area contributed by atoms with E-state index in [1.54, 1.807) is 18.9 Å². The maximum Gasteiger partial charge on any atom is 0.315 e. The van der Waals surface area contributed by atoms with E-state index in [0.29, 0.717) is 5.75 Å². The summed E-state index contributed by atoms with van der Waals surface area (Å²) in [5.74, 6) is 1.23. The molecular weight excluding hydrogens is 164 g/mol. The topological polar surface area (TPSA) is 35.5 Å². The molecule has 0 N–H and O–H groups in total. The molecule has 0 bridgehead atoms. The van der Waals surface area contributed by atoms with Gasteiger partial charge in [0, 0.05) is 13.7 Å². The van der Waals surface area contributed by atoms with Crippen molar-refractivity contribution in [2.45, 2.75) is 6.42 Å². The van der Waals surface area contributed by atoms with Gasteiger partial charge in [-0.2, -0.15) is 11.8 Å². The Morgan fingerprint density at radius 1 is 1.45 bits per heavy atom. The van der Waals surface area contributed by atoms with Crippen molar-refractivity contribution < 1.29 is 14.3 Å². The minimum Gasteiger partial charge on any atom is -0.468 e. The molecule has 0 saturated carbocycles. The van der Waals surface area contributed by atoms with E-state index in [1.807, 2.05) is 0 Å². The zero-order valence-electron chi connectivity index (χ0n) is 6.96. The van der Waals surface area contributed by atoms with E-state index >= 15 is 0 Å². The Bertz CT molecular complexity index is 106. The molecule has 11 heavy (non-hydrogen) atoms. The van der Waals surface area contributed by atoms with Crippen LogP contribution < -0.4 is 0 Å². The molecule has 4 heteroatoms. The summed E-state index contributed by atoms with van der Waals surface area (Å²) in [5, 5.41) is 0. The highest BCUT2D eigenvalue weighted by atomic mass is 32.2. The third-order valence-corrected chi connectivity index (χ3v) is 2.10. The van der Waals surface area contributed by atoms with E-state index in [2.05, 4.69) is 4.74 Å². The van der Waals surface area contributed by atoms with Crippen LogP contribution in [0.3, 0.4) is 0 Å². The fourth-order valence-corrected chi connectivity index (χ4v) is 1.27. The van der Waals surface area contributed by atoms with Crippen LogP contribution in [-0.2, 0) is 14.3 Å². The lowest BCUT2D eigenvalue weighted by atomic mass is 10.5. The Balaban J connectivity index is 2.95. The van der Waals surface area contributed by atoms with E-state index in [0.717, 1.165) is 18.8 Å². The summed E-state index contributed by atoms with van der Waals surface area (Å²) in [6.45, 7) is 0.758. The van der Waals surface area contributed by atoms with Crippen LogP contribution in [0.1, 0.15) is 6.42 Å². The fraction of sp³-hybridized carbons (Fsp3) is 0.857. The molecule has 0 aliphatic heterocycles. The van der Waals surface area contributed by atoms with Gasteiger partial charge < -0.3 is 9.47 Å². The van der Waals surface area contributed by atoms with Crippen LogP contribution in [0.15, 0.2) is 0 Å². The number of hydrogen-bond acceptors (Lipinski definition) is 4. The first kappa shape index (κ1) is 10.8. The number of rotatable bonds is 6. The summed E-state index contributed by atoms with van der Waals surface area (Å²) in [7, 11) is 3.07. The van der Waals surface area contributed by atoms with E-state index in [4.69, 9.17) is 4.74 Å². The largest absolute Gasteiger partial charge is 0.468 e. The second-order valence-electron chi connectivity index (χ2n) is 1.98. The van der Waals surface area contributed by atoms with Crippen LogP contribution in [0.2, 0.25) is 0 Å². The molecule has 0 atom stereocenters. The molecule has 0 spiro atoms. The minimum atomic E-state index is -0.160. The number of thioether (sulfide) groups is 1. The Morgan fingerprint density at radius 2 is 2.18 bits per heavy atom. The van der Waals surface area contributed by atoms with Gasteiger partial charge >= 0.3 is 5.97 Å². The average molecular weight is 178 g/mol. The Morgan fingerprint density at radius 3 is 2.73 bits per heavy atom. The molecule has 0 amide bonds. The molecule has 0 radical (unpaired) electrons. The van der Waals surface area contributed by atoms with Crippen LogP contribution in [0.4, 0.5) is 0 Å². The molecule has 66 valence electrons. The predicted molar refractivity (Wildman–Crippen MR) is 45.8 cm³/mol. The van der Waals surface area contributed by atoms with Gasteiger partial charge in [0.2, 0.25) is 0 Å². The molecule has 0 unspecified atom stereocenters. The van der Waals surface area contributed by atoms with Crippen LogP contribution in [0.5, 0.6) is 0 Å². The summed E-state index contributed by atoms with van der Waals surface area (Å²) in [4.78, 5) is 10.6. The number of methoxy groups -OCH3 is 2. The number of carbonyl (C=O) groups is 1. The molecule has 0 fully saturated rings. The molecule has 0 aliphatic carbocycles. The first-order chi connectivity index (χ1) is 5.31. The third-order valence-electron chi connectivity index (χ3n) is 1.08. The molecular formula is C7H14O3S. The van der Waals surface area contributed by atoms with Gasteiger partial charge in [0.25, 0.3) is 0 Å². The quantitative estimate of drug-likeness (QED) is 0.448. The maximum atomic E-state index is 10.6. The molecule has 0 aromatic heterocycles. The van der Waals surface area contributed by atoms with Gasteiger partial charge in [-0.3, -0.25) is 4.79 Å². The lowest BCUT2D eigenvalue weighted by molar-refractivity contribution is -0.137. The van der Waals surface area contributed by atoms with Crippen LogP contribution >= 0.6 is 11.8 Å². The lowest BCUT2D eigenvalue weighted by Crippen LogP contribution is -2.04. The van der Waals surface area contributed by atoms with Crippen molar-refractivity contribution in [2.24, 2.45) is 0 Å². The molecule has 0 rings (SSSR count). The number of ether oxygens (including phenoxy) is 2. The molecule has 0 aliphatic rings. The first-order valence-corrected chi connectivity index (χ1v) is 4.60. The highest BCUT2D eigenvalue weighted by Crippen LogP contribution is 2.02. The molecule has 0 heterocycles. The van der Waals surface area contributed by atoms with E-state index in [1.165, 1.54) is 7.11 Å². The van der Waals surface area contributed by atoms with Crippen molar-refractivity contribution >= 4 is 17.7 Å². The predicted octanol–water partition coefficient (Wildman–Crippen LogP) is 0.929. The minimum absolute atomic E-state index is 0.160. The average Bonchev–Trinajstić information content (AvgIpc) is 2.04. The van der Waals surface area contributed by atoms with Gasteiger partial charge in [-0.15, -0.1) is 0 Å². The molecule has 0 aromatic rings. The molecule has 0 saturated heterocycles. The second kappa shape index (κ2) is 7.88. The number of hydrogen-bond donors (Lipinski definition) is 0. The van der Waals surface area contributed by atoms with Gasteiger partial charge in [0.05, 0.1) is 12.9 Å². The zero-order valence-corrected chi connectivity index (χ0v) is 7.78. The van der Waals surface area contributed by atoms with Crippen LogP contribution in [-0.4, -0.2) is 38.3 Å². The highest BCUT2D eigenvalue weighted by Gasteiger charge is 1.98. The van der Waals surface area contributed by atoms with Gasteiger partial charge in [-0.1, -0.05) is 0 Å². The van der Waals surface area contributed by atoms with Crippen molar-refractivity contribution in [3.63, 3.8) is 0 Å². The Labute approximate surface area is 71.4 Å². The summed E-state index contributed by atoms with van der Waals surface area (Å²) in [6, 6.07) is 0. The Hall–Kier alpha value is -0.220. The normalized spacial score (nSPS) is 9.64. The van der Waals surface area contributed by atoms with E-state index < -0.39 is 0 Å². The van der Waals surface area contributed by atoms with Gasteiger partial charge in [-0.25, -0.2) is 0 Å². The highest BCUT2D eigenvalue weighted by molar-refractivity contribution is 7.99. The fourth-order valence-electron chi connectivity index (χ4n) is 0.520. The maximum absolute atomic E-state index is 10.6. The SMILES string of the molecule is COCCCSCC(=O)OC. The van der Waals surface area contributed by atoms with Gasteiger partial charge in [0.1, 0.15) is 0 Å². The van der Waals surface area contributed by atoms with E-state index in [9.17, 15) is 4.79 Å². The van der Waals surface area contributed by atoms with E-state index in [-0.39, 0.29) is 5.97 Å². The summed E-state index contributed by atoms with van der Waals surface area (Å²) < 4.78 is 9.31.